The maximum Gasteiger partial charge on any atom is 0.501 e. The molecule has 0 aromatic heterocycles. The van der Waals surface area contributed by atoms with Crippen molar-refractivity contribution in [3.05, 3.63) is 60.7 Å². The Morgan fingerprint density at radius 1 is 0.462 bits per heavy atom. The van der Waals surface area contributed by atoms with Crippen LogP contribution in [0.25, 0.3) is 0 Å². The van der Waals surface area contributed by atoms with Crippen molar-refractivity contribution >= 4 is 44.1 Å². The zero-order valence-corrected chi connectivity index (χ0v) is 28.7. The maximum atomic E-state index is 6.23. The van der Waals surface area contributed by atoms with E-state index in [-0.39, 0.29) is 0 Å². The molecule has 0 spiro atoms. The van der Waals surface area contributed by atoms with Gasteiger partial charge in [0.15, 0.2) is 0 Å². The van der Waals surface area contributed by atoms with Crippen LogP contribution in [0.4, 0.5) is 0 Å². The van der Waals surface area contributed by atoms with Gasteiger partial charge < -0.3 is 26.6 Å². The third-order valence-corrected chi connectivity index (χ3v) is 19.4. The van der Waals surface area contributed by atoms with E-state index in [2.05, 4.69) is 60.7 Å². The quantitative estimate of drug-likeness (QED) is 0.110. The van der Waals surface area contributed by atoms with Gasteiger partial charge >= 0.3 is 17.6 Å². The fraction of sp³-hybridized carbons (Fsp3) is 0.586. The van der Waals surface area contributed by atoms with Crippen molar-refractivity contribution in [2.45, 2.75) is 53.6 Å². The molecular weight excluding hydrogens is 562 g/mol. The van der Waals surface area contributed by atoms with E-state index in [0.29, 0.717) is 39.6 Å². The van der Waals surface area contributed by atoms with Crippen LogP contribution in [0.1, 0.15) is 41.5 Å². The first kappa shape index (κ1) is 34.7. The Bertz CT molecular complexity index is 775. The van der Waals surface area contributed by atoms with E-state index >= 15 is 0 Å². The Morgan fingerprint density at radius 3 is 1.00 bits per heavy atom. The molecular formula is C29H50O6P2Si2. The second kappa shape index (κ2) is 19.6. The van der Waals surface area contributed by atoms with Gasteiger partial charge in [-0.05, 0) is 70.4 Å². The summed E-state index contributed by atoms with van der Waals surface area (Å²) in [6.07, 6.45) is 2.03. The van der Waals surface area contributed by atoms with Crippen molar-refractivity contribution in [1.82, 2.24) is 0 Å². The molecule has 39 heavy (non-hydrogen) atoms. The third-order valence-electron chi connectivity index (χ3n) is 6.15. The highest BCUT2D eigenvalue weighted by atomic mass is 31.2. The molecule has 220 valence electrons. The second-order valence-electron chi connectivity index (χ2n) is 8.80. The van der Waals surface area contributed by atoms with Gasteiger partial charge in [0.05, 0.1) is 0 Å². The monoisotopic (exact) mass is 612 g/mol. The summed E-state index contributed by atoms with van der Waals surface area (Å²) >= 11 is 0. The predicted octanol–water partition coefficient (Wildman–Crippen LogP) is 6.66. The van der Waals surface area contributed by atoms with Crippen molar-refractivity contribution in [1.29, 1.82) is 0 Å². The Morgan fingerprint density at radius 2 is 0.744 bits per heavy atom. The van der Waals surface area contributed by atoms with Gasteiger partial charge in [0.1, 0.15) is 0 Å². The zero-order valence-electron chi connectivity index (χ0n) is 24.9. The largest absolute Gasteiger partial charge is 0.501 e. The van der Waals surface area contributed by atoms with Crippen LogP contribution in [0.2, 0.25) is 12.1 Å². The molecule has 0 saturated heterocycles. The highest BCUT2D eigenvalue weighted by Gasteiger charge is 2.42. The summed E-state index contributed by atoms with van der Waals surface area (Å²) in [5.41, 5.74) is 0. The minimum atomic E-state index is -2.73. The van der Waals surface area contributed by atoms with Crippen molar-refractivity contribution in [2.75, 3.05) is 57.9 Å². The summed E-state index contributed by atoms with van der Waals surface area (Å²) < 4.78 is 37.4. The molecule has 0 N–H and O–H groups in total. The van der Waals surface area contributed by atoms with E-state index < -0.39 is 33.5 Å². The fourth-order valence-corrected chi connectivity index (χ4v) is 18.7. The molecule has 0 saturated carbocycles. The van der Waals surface area contributed by atoms with Crippen molar-refractivity contribution in [2.24, 2.45) is 0 Å². The Balaban J connectivity index is 2.36. The molecule has 2 aromatic rings. The Labute approximate surface area is 242 Å². The second-order valence-corrected chi connectivity index (χ2v) is 19.5. The van der Waals surface area contributed by atoms with Crippen LogP contribution in [0.5, 0.6) is 0 Å². The first-order valence-corrected chi connectivity index (χ1v) is 21.7. The third kappa shape index (κ3) is 11.7. The topological polar surface area (TPSA) is 55.4 Å². The molecule has 0 aliphatic carbocycles. The zero-order chi connectivity index (χ0) is 28.4. The molecule has 0 fully saturated rings. The molecule has 2 unspecified atom stereocenters. The molecule has 0 heterocycles. The van der Waals surface area contributed by atoms with Crippen molar-refractivity contribution in [3.63, 3.8) is 0 Å². The standard InChI is InChI=1S/C29H50O6P2Si2/c1-7-30-38(31-8-2,32-9-3)25-23-36(28-19-15-13-16-20-28)27-37(29-21-17-14-18-22-29)24-26-39(33-10-4,34-11-5)35-12-6/h13-22H,7-12,23-27H2,1-6H3. The van der Waals surface area contributed by atoms with Crippen LogP contribution in [0, 0.1) is 0 Å². The van der Waals surface area contributed by atoms with Crippen LogP contribution in [0.3, 0.4) is 0 Å². The summed E-state index contributed by atoms with van der Waals surface area (Å²) in [6.45, 7) is 15.8. The average molecular weight is 613 g/mol. The van der Waals surface area contributed by atoms with Gasteiger partial charge in [-0.3, -0.25) is 0 Å². The van der Waals surface area contributed by atoms with E-state index in [9.17, 15) is 0 Å². The van der Waals surface area contributed by atoms with Gasteiger partial charge in [-0.2, -0.15) is 0 Å². The molecule has 2 atom stereocenters. The highest BCUT2D eigenvalue weighted by molar-refractivity contribution is 7.81. The summed E-state index contributed by atoms with van der Waals surface area (Å²) in [7, 11) is -6.40. The molecule has 0 radical (unpaired) electrons. The summed E-state index contributed by atoms with van der Waals surface area (Å²) in [5, 5.41) is 2.84. The van der Waals surface area contributed by atoms with Crippen LogP contribution >= 0.6 is 15.8 Å². The summed E-state index contributed by atoms with van der Waals surface area (Å²) in [4.78, 5) is 0. The molecule has 2 aromatic carbocycles. The fourth-order valence-electron chi connectivity index (χ4n) is 4.59. The minimum absolute atomic E-state index is 0.470. The SMILES string of the molecule is CCO[Si](CCP(CP(CC[Si](OCC)(OCC)OCC)c1ccccc1)c1ccccc1)(OCC)OCC. The van der Waals surface area contributed by atoms with Crippen LogP contribution < -0.4 is 10.6 Å². The first-order valence-electron chi connectivity index (χ1n) is 14.4. The minimum Gasteiger partial charge on any atom is -0.374 e. The van der Waals surface area contributed by atoms with Crippen molar-refractivity contribution in [3.8, 4) is 0 Å². The van der Waals surface area contributed by atoms with Crippen molar-refractivity contribution < 1.29 is 26.6 Å². The number of benzene rings is 2. The molecule has 6 nitrogen and oxygen atoms in total. The smallest absolute Gasteiger partial charge is 0.374 e. The molecule has 0 aliphatic heterocycles. The number of rotatable bonds is 22. The van der Waals surface area contributed by atoms with Gasteiger partial charge in [-0.1, -0.05) is 76.5 Å². The molecule has 0 amide bonds. The van der Waals surface area contributed by atoms with Gasteiger partial charge in [0.2, 0.25) is 0 Å². The Kier molecular flexibility index (Phi) is 17.4. The lowest BCUT2D eigenvalue weighted by Gasteiger charge is -2.33. The normalized spacial score (nSPS) is 13.9. The lowest BCUT2D eigenvalue weighted by molar-refractivity contribution is 0.0720. The van der Waals surface area contributed by atoms with Gasteiger partial charge in [-0.15, -0.1) is 0 Å². The molecule has 2 rings (SSSR count). The summed E-state index contributed by atoms with van der Waals surface area (Å²) in [6, 6.07) is 23.6. The Hall–Kier alpha value is -0.506. The van der Waals surface area contributed by atoms with E-state index in [1.165, 1.54) is 10.6 Å². The summed E-state index contributed by atoms with van der Waals surface area (Å²) in [5.74, 6) is 1.13. The lowest BCUT2D eigenvalue weighted by Crippen LogP contribution is -2.47. The van der Waals surface area contributed by atoms with Gasteiger partial charge in [0.25, 0.3) is 0 Å². The van der Waals surface area contributed by atoms with Crippen LogP contribution in [-0.2, 0) is 26.6 Å². The van der Waals surface area contributed by atoms with E-state index in [0.717, 1.165) is 30.3 Å². The lowest BCUT2D eigenvalue weighted by atomic mass is 10.4. The molecule has 10 heteroatoms. The van der Waals surface area contributed by atoms with Crippen LogP contribution in [0.15, 0.2) is 60.7 Å². The van der Waals surface area contributed by atoms with Gasteiger partial charge in [-0.25, -0.2) is 0 Å². The number of hydrogen-bond donors (Lipinski definition) is 0. The first-order chi connectivity index (χ1) is 19.0. The van der Waals surface area contributed by atoms with E-state index in [1.54, 1.807) is 0 Å². The van der Waals surface area contributed by atoms with E-state index in [4.69, 9.17) is 26.6 Å². The highest BCUT2D eigenvalue weighted by Crippen LogP contribution is 2.51. The molecule has 0 aliphatic rings. The predicted molar refractivity (Wildman–Crippen MR) is 171 cm³/mol. The molecule has 0 bridgehead atoms. The van der Waals surface area contributed by atoms with E-state index in [1.807, 2.05) is 41.5 Å². The number of hydrogen-bond acceptors (Lipinski definition) is 6. The van der Waals surface area contributed by atoms with Gasteiger partial charge in [0, 0.05) is 51.7 Å². The van der Waals surface area contributed by atoms with Crippen LogP contribution in [-0.4, -0.2) is 75.5 Å². The average Bonchev–Trinajstić information content (AvgIpc) is 2.94. The maximum absolute atomic E-state index is 6.23.